The van der Waals surface area contributed by atoms with Crippen LogP contribution in [0.4, 0.5) is 10.1 Å². The highest BCUT2D eigenvalue weighted by Gasteiger charge is 2.10. The third kappa shape index (κ3) is 4.09. The van der Waals surface area contributed by atoms with Gasteiger partial charge in [-0.1, -0.05) is 35.3 Å². The lowest BCUT2D eigenvalue weighted by molar-refractivity contribution is -0.118. The van der Waals surface area contributed by atoms with Gasteiger partial charge in [0.1, 0.15) is 5.82 Å². The number of carbonyl (C=O) groups is 1. The van der Waals surface area contributed by atoms with E-state index >= 15 is 0 Å². The van der Waals surface area contributed by atoms with Crippen molar-refractivity contribution in [1.82, 2.24) is 0 Å². The zero-order valence-corrected chi connectivity index (χ0v) is 12.6. The highest BCUT2D eigenvalue weighted by Crippen LogP contribution is 2.32. The number of aryl methyl sites for hydroxylation is 1. The van der Waals surface area contributed by atoms with E-state index in [4.69, 9.17) is 27.9 Å². The number of para-hydroxylation sites is 1. The van der Waals surface area contributed by atoms with Crippen molar-refractivity contribution in [1.29, 1.82) is 0 Å². The third-order valence-corrected chi connectivity index (χ3v) is 3.32. The zero-order valence-electron chi connectivity index (χ0n) is 11.1. The number of nitrogens with one attached hydrogen (secondary N) is 1. The summed E-state index contributed by atoms with van der Waals surface area (Å²) in [6.45, 7) is 1.36. The molecule has 0 aromatic heterocycles. The lowest BCUT2D eigenvalue weighted by Crippen LogP contribution is -2.20. The van der Waals surface area contributed by atoms with Crippen LogP contribution in [0.15, 0.2) is 36.4 Å². The third-order valence-electron chi connectivity index (χ3n) is 2.72. The van der Waals surface area contributed by atoms with Gasteiger partial charge in [-0.25, -0.2) is 4.39 Å². The number of hydrogen-bond acceptors (Lipinski definition) is 2. The van der Waals surface area contributed by atoms with Crippen LogP contribution in [0.25, 0.3) is 0 Å². The molecule has 0 radical (unpaired) electrons. The van der Waals surface area contributed by atoms with E-state index < -0.39 is 5.91 Å². The zero-order chi connectivity index (χ0) is 15.4. The maximum absolute atomic E-state index is 13.4. The Morgan fingerprint density at radius 1 is 1.24 bits per heavy atom. The first-order chi connectivity index (χ1) is 9.97. The Bertz CT molecular complexity index is 656. The molecule has 0 saturated carbocycles. The summed E-state index contributed by atoms with van der Waals surface area (Å²) in [4.78, 5) is 11.8. The standard InChI is InChI=1S/C15H12Cl2FNO2/c1-9-5-6-10(7-13(9)18)19-14(20)8-21-15-11(16)3-2-4-12(15)17/h2-7H,8H2,1H3,(H,19,20). The van der Waals surface area contributed by atoms with Crippen molar-refractivity contribution in [2.24, 2.45) is 0 Å². The number of ether oxygens (including phenoxy) is 1. The number of benzene rings is 2. The first-order valence-corrected chi connectivity index (χ1v) is 6.86. The van der Waals surface area contributed by atoms with Crippen LogP contribution in [-0.2, 0) is 4.79 Å². The van der Waals surface area contributed by atoms with Crippen molar-refractivity contribution < 1.29 is 13.9 Å². The lowest BCUT2D eigenvalue weighted by Gasteiger charge is -2.10. The molecular weight excluding hydrogens is 316 g/mol. The molecule has 0 bridgehead atoms. The van der Waals surface area contributed by atoms with Crippen molar-refractivity contribution in [2.75, 3.05) is 11.9 Å². The molecule has 0 aliphatic carbocycles. The molecule has 6 heteroatoms. The van der Waals surface area contributed by atoms with Crippen LogP contribution in [0.1, 0.15) is 5.56 Å². The molecule has 2 aromatic carbocycles. The average molecular weight is 328 g/mol. The maximum Gasteiger partial charge on any atom is 0.262 e. The number of hydrogen-bond donors (Lipinski definition) is 1. The summed E-state index contributed by atoms with van der Waals surface area (Å²) < 4.78 is 18.7. The first kappa shape index (κ1) is 15.6. The Balaban J connectivity index is 1.97. The van der Waals surface area contributed by atoms with Crippen LogP contribution in [0.2, 0.25) is 10.0 Å². The minimum absolute atomic E-state index is 0.242. The topological polar surface area (TPSA) is 38.3 Å². The van der Waals surface area contributed by atoms with Crippen LogP contribution in [-0.4, -0.2) is 12.5 Å². The van der Waals surface area contributed by atoms with Crippen molar-refractivity contribution in [3.8, 4) is 5.75 Å². The largest absolute Gasteiger partial charge is 0.481 e. The second-order valence-corrected chi connectivity index (χ2v) is 5.17. The van der Waals surface area contributed by atoms with Gasteiger partial charge in [-0.3, -0.25) is 4.79 Å². The van der Waals surface area contributed by atoms with Gasteiger partial charge in [-0.05, 0) is 36.8 Å². The van der Waals surface area contributed by atoms with E-state index in [0.29, 0.717) is 21.3 Å². The summed E-state index contributed by atoms with van der Waals surface area (Å²) in [7, 11) is 0. The Hall–Kier alpha value is -1.78. The second kappa shape index (κ2) is 6.78. The number of anilines is 1. The first-order valence-electron chi connectivity index (χ1n) is 6.10. The van der Waals surface area contributed by atoms with E-state index in [2.05, 4.69) is 5.32 Å². The van der Waals surface area contributed by atoms with Crippen molar-refractivity contribution in [2.45, 2.75) is 6.92 Å². The summed E-state index contributed by atoms with van der Waals surface area (Å²) in [5.74, 6) is -0.580. The van der Waals surface area contributed by atoms with E-state index in [0.717, 1.165) is 0 Å². The molecule has 21 heavy (non-hydrogen) atoms. The number of amides is 1. The summed E-state index contributed by atoms with van der Waals surface area (Å²) in [6.07, 6.45) is 0. The molecule has 0 spiro atoms. The van der Waals surface area contributed by atoms with Crippen LogP contribution in [0, 0.1) is 12.7 Å². The van der Waals surface area contributed by atoms with E-state index in [1.807, 2.05) is 0 Å². The Kier molecular flexibility index (Phi) is 5.04. The van der Waals surface area contributed by atoms with E-state index in [-0.39, 0.29) is 18.2 Å². The average Bonchev–Trinajstić information content (AvgIpc) is 2.42. The second-order valence-electron chi connectivity index (χ2n) is 4.35. The molecule has 0 saturated heterocycles. The van der Waals surface area contributed by atoms with Gasteiger partial charge in [0.15, 0.2) is 12.4 Å². The summed E-state index contributed by atoms with van der Waals surface area (Å²) >= 11 is 11.8. The molecule has 0 unspecified atom stereocenters. The number of rotatable bonds is 4. The molecule has 2 aromatic rings. The molecule has 0 fully saturated rings. The molecule has 110 valence electrons. The molecule has 0 aliphatic heterocycles. The molecule has 1 N–H and O–H groups in total. The molecule has 1 amide bonds. The number of carbonyl (C=O) groups excluding carboxylic acids is 1. The maximum atomic E-state index is 13.4. The van der Waals surface area contributed by atoms with Gasteiger partial charge < -0.3 is 10.1 Å². The normalized spacial score (nSPS) is 10.3. The fourth-order valence-corrected chi connectivity index (χ4v) is 2.13. The van der Waals surface area contributed by atoms with Gasteiger partial charge in [0.05, 0.1) is 10.0 Å². The van der Waals surface area contributed by atoms with Crippen LogP contribution < -0.4 is 10.1 Å². The van der Waals surface area contributed by atoms with Crippen molar-refractivity contribution in [3.63, 3.8) is 0 Å². The molecular formula is C15H12Cl2FNO2. The summed E-state index contributed by atoms with van der Waals surface area (Å²) in [5, 5.41) is 3.16. The van der Waals surface area contributed by atoms with Gasteiger partial charge >= 0.3 is 0 Å². The van der Waals surface area contributed by atoms with Crippen LogP contribution >= 0.6 is 23.2 Å². The van der Waals surface area contributed by atoms with Gasteiger partial charge in [0, 0.05) is 5.69 Å². The fourth-order valence-electron chi connectivity index (χ4n) is 1.63. The molecule has 3 nitrogen and oxygen atoms in total. The highest BCUT2D eigenvalue weighted by atomic mass is 35.5. The molecule has 0 atom stereocenters. The Morgan fingerprint density at radius 2 is 1.90 bits per heavy atom. The van der Waals surface area contributed by atoms with Crippen molar-refractivity contribution >= 4 is 34.8 Å². The minimum atomic E-state index is -0.436. The Morgan fingerprint density at radius 3 is 2.52 bits per heavy atom. The lowest BCUT2D eigenvalue weighted by atomic mass is 10.2. The minimum Gasteiger partial charge on any atom is -0.481 e. The predicted molar refractivity (Wildman–Crippen MR) is 81.7 cm³/mol. The van der Waals surface area contributed by atoms with Crippen molar-refractivity contribution in [3.05, 3.63) is 57.8 Å². The monoisotopic (exact) mass is 327 g/mol. The van der Waals surface area contributed by atoms with Crippen LogP contribution in [0.5, 0.6) is 5.75 Å². The van der Waals surface area contributed by atoms with E-state index in [9.17, 15) is 9.18 Å². The van der Waals surface area contributed by atoms with Gasteiger partial charge in [0.25, 0.3) is 5.91 Å². The smallest absolute Gasteiger partial charge is 0.262 e. The molecule has 0 heterocycles. The number of halogens is 3. The van der Waals surface area contributed by atoms with E-state index in [1.165, 1.54) is 6.07 Å². The SMILES string of the molecule is Cc1ccc(NC(=O)COc2c(Cl)cccc2Cl)cc1F. The summed E-state index contributed by atoms with van der Waals surface area (Å²) in [6, 6.07) is 9.32. The quantitative estimate of drug-likeness (QED) is 0.900. The predicted octanol–water partition coefficient (Wildman–Crippen LogP) is 4.46. The fraction of sp³-hybridized carbons (Fsp3) is 0.133. The molecule has 0 aliphatic rings. The van der Waals surface area contributed by atoms with E-state index in [1.54, 1.807) is 37.3 Å². The molecule has 2 rings (SSSR count). The Labute approximate surface area is 131 Å². The summed E-state index contributed by atoms with van der Waals surface area (Å²) in [5.41, 5.74) is 0.865. The van der Waals surface area contributed by atoms with Gasteiger partial charge in [0.2, 0.25) is 0 Å². The van der Waals surface area contributed by atoms with Gasteiger partial charge in [-0.15, -0.1) is 0 Å². The van der Waals surface area contributed by atoms with Crippen LogP contribution in [0.3, 0.4) is 0 Å². The van der Waals surface area contributed by atoms with Gasteiger partial charge in [-0.2, -0.15) is 0 Å². The highest BCUT2D eigenvalue weighted by molar-refractivity contribution is 6.37.